The molecule has 0 spiro atoms. The van der Waals surface area contributed by atoms with Crippen LogP contribution in [0.2, 0.25) is 0 Å². The van der Waals surface area contributed by atoms with Crippen LogP contribution in [-0.4, -0.2) is 10.6 Å². The molecule has 1 aliphatic rings. The molecule has 4 rings (SSSR count). The average molecular weight is 320 g/mol. The van der Waals surface area contributed by atoms with Gasteiger partial charge < -0.3 is 15.0 Å². The van der Waals surface area contributed by atoms with E-state index in [9.17, 15) is 0 Å². The Morgan fingerprint density at radius 1 is 1.08 bits per heavy atom. The van der Waals surface area contributed by atoms with Crippen LogP contribution in [0.1, 0.15) is 30.2 Å². The number of fused-ring (bicyclic) bond motifs is 3. The molecule has 2 N–H and O–H groups in total. The van der Waals surface area contributed by atoms with Gasteiger partial charge in [-0.15, -0.1) is 0 Å². The highest BCUT2D eigenvalue weighted by atomic mass is 16.5. The van der Waals surface area contributed by atoms with Crippen molar-refractivity contribution in [1.82, 2.24) is 4.57 Å². The first kappa shape index (κ1) is 15.3. The van der Waals surface area contributed by atoms with Crippen LogP contribution in [-0.2, 0) is 26.0 Å². The lowest BCUT2D eigenvalue weighted by Gasteiger charge is -2.13. The normalized spacial score (nSPS) is 14.8. The first-order valence-electron chi connectivity index (χ1n) is 8.79. The number of hydrogen-bond donors (Lipinski definition) is 1. The Morgan fingerprint density at radius 2 is 1.92 bits per heavy atom. The third-order valence-corrected chi connectivity index (χ3v) is 4.82. The third-order valence-electron chi connectivity index (χ3n) is 4.82. The van der Waals surface area contributed by atoms with Crippen LogP contribution in [0.15, 0.2) is 48.5 Å². The Hall–Kier alpha value is -2.26. The van der Waals surface area contributed by atoms with Crippen LogP contribution in [0.5, 0.6) is 5.75 Å². The van der Waals surface area contributed by atoms with Crippen LogP contribution in [0.4, 0.5) is 0 Å². The molecule has 0 radical (unpaired) electrons. The molecule has 24 heavy (non-hydrogen) atoms. The summed E-state index contributed by atoms with van der Waals surface area (Å²) >= 11 is 0. The molecular formula is C21H24N2O. The fourth-order valence-corrected chi connectivity index (χ4v) is 3.84. The third kappa shape index (κ3) is 2.69. The molecule has 1 unspecified atom stereocenters. The van der Waals surface area contributed by atoms with Crippen molar-refractivity contribution < 1.29 is 4.74 Å². The van der Waals surface area contributed by atoms with Gasteiger partial charge in [0.25, 0.3) is 0 Å². The standard InChI is InChI=1S/C21H24N2O/c1-15(22)13-23-18-10-5-9-17(18)21-19(23)11-6-12-20(21)24-14-16-7-3-2-4-8-16/h2-4,6-8,11-12,15H,5,9-10,13-14,22H2,1H3. The summed E-state index contributed by atoms with van der Waals surface area (Å²) in [4.78, 5) is 0. The lowest BCUT2D eigenvalue weighted by molar-refractivity contribution is 0.310. The molecule has 3 heteroatoms. The van der Waals surface area contributed by atoms with E-state index < -0.39 is 0 Å². The van der Waals surface area contributed by atoms with Gasteiger partial charge in [0.1, 0.15) is 12.4 Å². The second-order valence-corrected chi connectivity index (χ2v) is 6.79. The summed E-state index contributed by atoms with van der Waals surface area (Å²) in [6, 6.07) is 16.9. The maximum absolute atomic E-state index is 6.20. The SMILES string of the molecule is CC(N)Cn1c2c(c3c(OCc4ccccc4)cccc31)CCC2. The van der Waals surface area contributed by atoms with Gasteiger partial charge in [0.15, 0.2) is 0 Å². The Balaban J connectivity index is 1.74. The Morgan fingerprint density at radius 3 is 2.71 bits per heavy atom. The number of benzene rings is 2. The van der Waals surface area contributed by atoms with E-state index in [1.807, 2.05) is 6.07 Å². The lowest BCUT2D eigenvalue weighted by atomic mass is 10.1. The first-order valence-corrected chi connectivity index (χ1v) is 8.79. The monoisotopic (exact) mass is 320 g/mol. The summed E-state index contributed by atoms with van der Waals surface area (Å²) in [5.41, 5.74) is 11.5. The highest BCUT2D eigenvalue weighted by Crippen LogP contribution is 2.38. The fraction of sp³-hybridized carbons (Fsp3) is 0.333. The van der Waals surface area contributed by atoms with Gasteiger partial charge in [0.2, 0.25) is 0 Å². The van der Waals surface area contributed by atoms with E-state index in [0.29, 0.717) is 6.61 Å². The topological polar surface area (TPSA) is 40.2 Å². The van der Waals surface area contributed by atoms with Gasteiger partial charge in [0.05, 0.1) is 5.52 Å². The van der Waals surface area contributed by atoms with Crippen molar-refractivity contribution in [1.29, 1.82) is 0 Å². The van der Waals surface area contributed by atoms with Crippen LogP contribution < -0.4 is 10.5 Å². The molecule has 124 valence electrons. The molecule has 1 heterocycles. The second-order valence-electron chi connectivity index (χ2n) is 6.79. The van der Waals surface area contributed by atoms with Gasteiger partial charge in [-0.3, -0.25) is 0 Å². The highest BCUT2D eigenvalue weighted by Gasteiger charge is 2.24. The van der Waals surface area contributed by atoms with E-state index in [0.717, 1.165) is 25.1 Å². The van der Waals surface area contributed by atoms with Crippen LogP contribution in [0.25, 0.3) is 10.9 Å². The molecule has 3 aromatic rings. The summed E-state index contributed by atoms with van der Waals surface area (Å²) in [5, 5.41) is 1.29. The maximum Gasteiger partial charge on any atom is 0.129 e. The van der Waals surface area contributed by atoms with Crippen LogP contribution >= 0.6 is 0 Å². The minimum absolute atomic E-state index is 0.152. The van der Waals surface area contributed by atoms with Crippen LogP contribution in [0.3, 0.4) is 0 Å². The second kappa shape index (κ2) is 6.33. The van der Waals surface area contributed by atoms with E-state index in [1.165, 1.54) is 34.1 Å². The van der Waals surface area contributed by atoms with Crippen molar-refractivity contribution in [3.63, 3.8) is 0 Å². The summed E-state index contributed by atoms with van der Waals surface area (Å²) < 4.78 is 8.62. The largest absolute Gasteiger partial charge is 0.488 e. The van der Waals surface area contributed by atoms with Crippen molar-refractivity contribution in [2.24, 2.45) is 5.73 Å². The van der Waals surface area contributed by atoms with Crippen molar-refractivity contribution in [3.8, 4) is 5.75 Å². The van der Waals surface area contributed by atoms with E-state index >= 15 is 0 Å². The zero-order chi connectivity index (χ0) is 16.5. The number of ether oxygens (including phenoxy) is 1. The average Bonchev–Trinajstić information content (AvgIpc) is 3.16. The van der Waals surface area contributed by atoms with Gasteiger partial charge >= 0.3 is 0 Å². The van der Waals surface area contributed by atoms with Gasteiger partial charge in [-0.05, 0) is 49.4 Å². The molecule has 0 bridgehead atoms. The Bertz CT molecular complexity index is 849. The highest BCUT2D eigenvalue weighted by molar-refractivity contribution is 5.92. The summed E-state index contributed by atoms with van der Waals surface area (Å²) in [5.74, 6) is 0.998. The molecule has 0 amide bonds. The minimum atomic E-state index is 0.152. The molecule has 0 saturated heterocycles. The first-order chi connectivity index (χ1) is 11.7. The van der Waals surface area contributed by atoms with E-state index in [-0.39, 0.29) is 6.04 Å². The molecule has 0 saturated carbocycles. The number of hydrogen-bond acceptors (Lipinski definition) is 2. The molecule has 3 nitrogen and oxygen atoms in total. The van der Waals surface area contributed by atoms with Gasteiger partial charge in [-0.1, -0.05) is 36.4 Å². The quantitative estimate of drug-likeness (QED) is 0.770. The van der Waals surface area contributed by atoms with Crippen molar-refractivity contribution in [3.05, 3.63) is 65.4 Å². The van der Waals surface area contributed by atoms with Crippen molar-refractivity contribution >= 4 is 10.9 Å². The van der Waals surface area contributed by atoms with Crippen molar-refractivity contribution in [2.45, 2.75) is 45.4 Å². The summed E-state index contributed by atoms with van der Waals surface area (Å²) in [7, 11) is 0. The number of rotatable bonds is 5. The maximum atomic E-state index is 6.20. The van der Waals surface area contributed by atoms with Crippen molar-refractivity contribution in [2.75, 3.05) is 0 Å². The number of nitrogens with two attached hydrogens (primary N) is 1. The van der Waals surface area contributed by atoms with Crippen LogP contribution in [0, 0.1) is 0 Å². The number of nitrogens with zero attached hydrogens (tertiary/aromatic N) is 1. The Kier molecular flexibility index (Phi) is 4.03. The Labute approximate surface area is 143 Å². The minimum Gasteiger partial charge on any atom is -0.488 e. The molecule has 1 aromatic heterocycles. The zero-order valence-electron chi connectivity index (χ0n) is 14.2. The zero-order valence-corrected chi connectivity index (χ0v) is 14.2. The summed E-state index contributed by atoms with van der Waals surface area (Å²) in [6.07, 6.45) is 3.52. The molecule has 1 aliphatic carbocycles. The van der Waals surface area contributed by atoms with Gasteiger partial charge in [-0.25, -0.2) is 0 Å². The van der Waals surface area contributed by atoms with Gasteiger partial charge in [-0.2, -0.15) is 0 Å². The van der Waals surface area contributed by atoms with E-state index in [2.05, 4.69) is 54.0 Å². The summed E-state index contributed by atoms with van der Waals surface area (Å²) in [6.45, 7) is 3.55. The molecular weight excluding hydrogens is 296 g/mol. The van der Waals surface area contributed by atoms with E-state index in [4.69, 9.17) is 10.5 Å². The smallest absolute Gasteiger partial charge is 0.129 e. The predicted molar refractivity (Wildman–Crippen MR) is 98.4 cm³/mol. The van der Waals surface area contributed by atoms with E-state index in [1.54, 1.807) is 0 Å². The number of aryl methyl sites for hydroxylation is 1. The fourth-order valence-electron chi connectivity index (χ4n) is 3.84. The molecule has 0 fully saturated rings. The lowest BCUT2D eigenvalue weighted by Crippen LogP contribution is -2.23. The molecule has 2 aromatic carbocycles. The number of aromatic nitrogens is 1. The molecule has 1 atom stereocenters. The predicted octanol–water partition coefficient (Wildman–Crippen LogP) is 4.06. The molecule has 0 aliphatic heterocycles. The van der Waals surface area contributed by atoms with Gasteiger partial charge in [0, 0.05) is 23.7 Å².